The van der Waals surface area contributed by atoms with Crippen LogP contribution in [0.2, 0.25) is 0 Å². The molecule has 0 fully saturated rings. The van der Waals surface area contributed by atoms with E-state index in [4.69, 9.17) is 4.42 Å². The number of furan rings is 1. The van der Waals surface area contributed by atoms with Crippen molar-refractivity contribution >= 4 is 76.1 Å². The van der Waals surface area contributed by atoms with Crippen molar-refractivity contribution < 1.29 is 4.42 Å². The summed E-state index contributed by atoms with van der Waals surface area (Å²) in [6, 6.07) is 59.6. The number of hydrogen-bond acceptors (Lipinski definition) is 1. The molecule has 48 heavy (non-hydrogen) atoms. The maximum absolute atomic E-state index is 6.39. The third kappa shape index (κ3) is 3.52. The van der Waals surface area contributed by atoms with Crippen molar-refractivity contribution in [1.82, 2.24) is 4.57 Å². The second-order valence-corrected chi connectivity index (χ2v) is 12.9. The van der Waals surface area contributed by atoms with E-state index in [9.17, 15) is 0 Å². The molecule has 0 saturated carbocycles. The Kier molecular flexibility index (Phi) is 5.14. The van der Waals surface area contributed by atoms with Crippen LogP contribution in [0.1, 0.15) is 0 Å². The Morgan fingerprint density at radius 1 is 0.354 bits per heavy atom. The van der Waals surface area contributed by atoms with Crippen molar-refractivity contribution in [3.8, 4) is 27.9 Å². The number of benzene rings is 9. The molecule has 0 radical (unpaired) electrons. The summed E-state index contributed by atoms with van der Waals surface area (Å²) in [5.41, 5.74) is 10.3. The molecule has 0 bridgehead atoms. The fraction of sp³-hybridized carbons (Fsp3) is 0. The maximum Gasteiger partial charge on any atom is 0.136 e. The van der Waals surface area contributed by atoms with Crippen molar-refractivity contribution in [1.29, 1.82) is 0 Å². The van der Waals surface area contributed by atoms with Gasteiger partial charge in [0.05, 0.1) is 11.0 Å². The van der Waals surface area contributed by atoms with Gasteiger partial charge in [-0.3, -0.25) is 0 Å². The van der Waals surface area contributed by atoms with Crippen LogP contribution in [0.4, 0.5) is 0 Å². The molecule has 0 spiro atoms. The first-order valence-electron chi connectivity index (χ1n) is 16.5. The number of fused-ring (bicyclic) bond motifs is 6. The Bertz CT molecular complexity index is 3040. The van der Waals surface area contributed by atoms with E-state index >= 15 is 0 Å². The predicted molar refractivity (Wildman–Crippen MR) is 203 cm³/mol. The minimum Gasteiger partial charge on any atom is -0.456 e. The maximum atomic E-state index is 6.39. The number of rotatable bonds is 3. The van der Waals surface area contributed by atoms with Gasteiger partial charge in [-0.15, -0.1) is 0 Å². The van der Waals surface area contributed by atoms with E-state index in [1.165, 1.54) is 76.4 Å². The van der Waals surface area contributed by atoms with Crippen molar-refractivity contribution in [3.63, 3.8) is 0 Å². The lowest BCUT2D eigenvalue weighted by atomic mass is 9.87. The second kappa shape index (κ2) is 9.57. The summed E-state index contributed by atoms with van der Waals surface area (Å²) in [5, 5.41) is 12.5. The highest BCUT2D eigenvalue weighted by molar-refractivity contribution is 6.28. The lowest BCUT2D eigenvalue weighted by Crippen LogP contribution is -1.93. The first-order valence-corrected chi connectivity index (χ1v) is 16.5. The first kappa shape index (κ1) is 25.8. The normalized spacial score (nSPS) is 12.2. The van der Waals surface area contributed by atoms with Crippen LogP contribution in [0.15, 0.2) is 168 Å². The molecule has 222 valence electrons. The van der Waals surface area contributed by atoms with Gasteiger partial charge in [0.15, 0.2) is 0 Å². The monoisotopic (exact) mass is 609 g/mol. The van der Waals surface area contributed by atoms with Crippen LogP contribution < -0.4 is 0 Å². The van der Waals surface area contributed by atoms with E-state index < -0.39 is 0 Å². The molecule has 2 heteroatoms. The Balaban J connectivity index is 1.20. The summed E-state index contributed by atoms with van der Waals surface area (Å²) in [4.78, 5) is 0. The van der Waals surface area contributed by atoms with Gasteiger partial charge in [0.25, 0.3) is 0 Å². The molecule has 2 aromatic heterocycles. The molecule has 0 unspecified atom stereocenters. The van der Waals surface area contributed by atoms with Gasteiger partial charge in [0.1, 0.15) is 11.2 Å². The van der Waals surface area contributed by atoms with Crippen LogP contribution in [-0.4, -0.2) is 4.57 Å². The molecule has 0 N–H and O–H groups in total. The van der Waals surface area contributed by atoms with Crippen molar-refractivity contribution in [2.24, 2.45) is 0 Å². The highest BCUT2D eigenvalue weighted by Gasteiger charge is 2.19. The van der Waals surface area contributed by atoms with E-state index in [1.807, 2.05) is 6.07 Å². The molecule has 0 aliphatic rings. The molecule has 0 aliphatic heterocycles. The van der Waals surface area contributed by atoms with E-state index in [-0.39, 0.29) is 0 Å². The van der Waals surface area contributed by atoms with Crippen LogP contribution in [0.5, 0.6) is 0 Å². The highest BCUT2D eigenvalue weighted by atomic mass is 16.3. The molecule has 11 aromatic rings. The number of para-hydroxylation sites is 2. The van der Waals surface area contributed by atoms with Crippen LogP contribution in [0.3, 0.4) is 0 Å². The summed E-state index contributed by atoms with van der Waals surface area (Å²) in [6.45, 7) is 0. The first-order chi connectivity index (χ1) is 23.8. The zero-order chi connectivity index (χ0) is 31.3. The Morgan fingerprint density at radius 2 is 0.979 bits per heavy atom. The lowest BCUT2D eigenvalue weighted by Gasteiger charge is -2.16. The van der Waals surface area contributed by atoms with Crippen LogP contribution in [0.25, 0.3) is 104 Å². The second-order valence-electron chi connectivity index (χ2n) is 12.9. The smallest absolute Gasteiger partial charge is 0.136 e. The third-order valence-corrected chi connectivity index (χ3v) is 10.3. The van der Waals surface area contributed by atoms with E-state index in [1.54, 1.807) is 0 Å². The fourth-order valence-corrected chi connectivity index (χ4v) is 8.18. The van der Waals surface area contributed by atoms with Crippen molar-refractivity contribution in [2.75, 3.05) is 0 Å². The summed E-state index contributed by atoms with van der Waals surface area (Å²) in [7, 11) is 0. The van der Waals surface area contributed by atoms with Crippen LogP contribution in [-0.2, 0) is 0 Å². The van der Waals surface area contributed by atoms with Gasteiger partial charge in [-0.1, -0.05) is 121 Å². The minimum atomic E-state index is 0.915. The molecular formula is C46H27NO. The standard InChI is InChI=1S/C46H27NO/c1-3-9-28(10-4-1)33-20-15-29-18-23-37-34(21-16-30-17-22-36(33)45(29)46(30)37)31-19-24-41-38(25-31)39-27-44-40(35-13-7-8-14-43(35)48-44)26-42(39)47(41)32-11-5-2-6-12-32/h1-27H. The number of aromatic nitrogens is 1. The molecule has 9 aromatic carbocycles. The average Bonchev–Trinajstić information content (AvgIpc) is 3.67. The average molecular weight is 610 g/mol. The molecule has 0 atom stereocenters. The SMILES string of the molecule is c1ccc(-c2ccc3ccc4c(-c5ccc6c(c5)c5cc7oc8ccccc8c7cc5n6-c5ccccc5)ccc5ccc2c3c54)cc1. The molecule has 2 heterocycles. The van der Waals surface area contributed by atoms with E-state index in [0.29, 0.717) is 0 Å². The zero-order valence-corrected chi connectivity index (χ0v) is 25.9. The van der Waals surface area contributed by atoms with Crippen LogP contribution in [0, 0.1) is 0 Å². The fourth-order valence-electron chi connectivity index (χ4n) is 8.18. The quantitative estimate of drug-likeness (QED) is 0.182. The topological polar surface area (TPSA) is 18.1 Å². The lowest BCUT2D eigenvalue weighted by molar-refractivity contribution is 0.669. The molecular weight excluding hydrogens is 583 g/mol. The van der Waals surface area contributed by atoms with Gasteiger partial charge in [-0.25, -0.2) is 0 Å². The highest BCUT2D eigenvalue weighted by Crippen LogP contribution is 2.44. The number of hydrogen-bond donors (Lipinski definition) is 0. The van der Waals surface area contributed by atoms with Gasteiger partial charge in [-0.2, -0.15) is 0 Å². The van der Waals surface area contributed by atoms with E-state index in [2.05, 4.69) is 162 Å². The van der Waals surface area contributed by atoms with Crippen molar-refractivity contribution in [2.45, 2.75) is 0 Å². The molecule has 0 aliphatic carbocycles. The predicted octanol–water partition coefficient (Wildman–Crippen LogP) is 12.9. The minimum absolute atomic E-state index is 0.915. The van der Waals surface area contributed by atoms with Crippen LogP contribution >= 0.6 is 0 Å². The zero-order valence-electron chi connectivity index (χ0n) is 25.9. The molecule has 0 amide bonds. The van der Waals surface area contributed by atoms with Gasteiger partial charge in [-0.05, 0) is 97.0 Å². The number of nitrogens with zero attached hydrogens (tertiary/aromatic N) is 1. The summed E-state index contributed by atoms with van der Waals surface area (Å²) >= 11 is 0. The third-order valence-electron chi connectivity index (χ3n) is 10.3. The van der Waals surface area contributed by atoms with Gasteiger partial charge >= 0.3 is 0 Å². The largest absolute Gasteiger partial charge is 0.456 e. The van der Waals surface area contributed by atoms with Gasteiger partial charge in [0.2, 0.25) is 0 Å². The summed E-state index contributed by atoms with van der Waals surface area (Å²) in [6.07, 6.45) is 0. The Hall–Kier alpha value is -6.38. The summed E-state index contributed by atoms with van der Waals surface area (Å²) in [5.74, 6) is 0. The Morgan fingerprint density at radius 3 is 1.73 bits per heavy atom. The molecule has 0 saturated heterocycles. The Labute approximate surface area is 276 Å². The van der Waals surface area contributed by atoms with Gasteiger partial charge < -0.3 is 8.98 Å². The van der Waals surface area contributed by atoms with Gasteiger partial charge in [0, 0.05) is 27.2 Å². The molecule has 2 nitrogen and oxygen atoms in total. The summed E-state index contributed by atoms with van der Waals surface area (Å²) < 4.78 is 8.79. The van der Waals surface area contributed by atoms with Crippen molar-refractivity contribution in [3.05, 3.63) is 164 Å². The van der Waals surface area contributed by atoms with E-state index in [0.717, 1.165) is 27.6 Å². The molecule has 11 rings (SSSR count).